The van der Waals surface area contributed by atoms with Gasteiger partial charge in [0.05, 0.1) is 0 Å². The molecule has 0 amide bonds. The summed E-state index contributed by atoms with van der Waals surface area (Å²) in [6, 6.07) is 0. The lowest BCUT2D eigenvalue weighted by molar-refractivity contribution is -0.155. The molecule has 1 unspecified atom stereocenters. The molecule has 0 radical (unpaired) electrons. The van der Waals surface area contributed by atoms with E-state index in [1.807, 2.05) is 0 Å². The smallest absolute Gasteiger partial charge is 0.400 e. The van der Waals surface area contributed by atoms with Gasteiger partial charge in [0.25, 0.3) is 0 Å². The molecule has 0 aromatic heterocycles. The third-order valence-corrected chi connectivity index (χ3v) is 3.01. The Bertz CT molecular complexity index is 290. The van der Waals surface area contributed by atoms with Gasteiger partial charge in [-0.3, -0.25) is 0 Å². The average Bonchev–Trinajstić information content (AvgIpc) is 3.02. The van der Waals surface area contributed by atoms with E-state index in [4.69, 9.17) is 16.0 Å². The summed E-state index contributed by atoms with van der Waals surface area (Å²) in [6.45, 7) is -0.198. The minimum atomic E-state index is -4.56. The lowest BCUT2D eigenvalue weighted by atomic mass is 10.1. The van der Waals surface area contributed by atoms with Crippen LogP contribution in [-0.4, -0.2) is 42.0 Å². The van der Waals surface area contributed by atoms with Crippen molar-refractivity contribution in [1.82, 2.24) is 5.32 Å². The summed E-state index contributed by atoms with van der Waals surface area (Å²) in [4.78, 5) is 0. The van der Waals surface area contributed by atoms with Gasteiger partial charge in [0.1, 0.15) is 5.92 Å². The van der Waals surface area contributed by atoms with Crippen LogP contribution in [0.3, 0.4) is 0 Å². The molecule has 5 N–H and O–H groups in total. The standard InChI is InChI=1S/C9H16F3N3O2/c10-9(11,12)6(7(13)15-17)3-14-4-8(5-16)1-2-8/h6,14,16-17H,1-5H2,(H2,13,15). The summed E-state index contributed by atoms with van der Waals surface area (Å²) in [5, 5.41) is 22.3. The third kappa shape index (κ3) is 3.74. The molecule has 1 aliphatic carbocycles. The highest BCUT2D eigenvalue weighted by molar-refractivity contribution is 5.83. The second-order valence-corrected chi connectivity index (χ2v) is 4.41. The van der Waals surface area contributed by atoms with Crippen LogP contribution in [0.4, 0.5) is 13.2 Å². The Balaban J connectivity index is 2.45. The van der Waals surface area contributed by atoms with Crippen molar-refractivity contribution in [3.05, 3.63) is 0 Å². The first kappa shape index (κ1) is 14.0. The molecule has 1 aliphatic rings. The number of hydrogen-bond donors (Lipinski definition) is 4. The third-order valence-electron chi connectivity index (χ3n) is 3.01. The molecule has 17 heavy (non-hydrogen) atoms. The highest BCUT2D eigenvalue weighted by Crippen LogP contribution is 2.44. The van der Waals surface area contributed by atoms with Gasteiger partial charge < -0.3 is 21.4 Å². The normalized spacial score (nSPS) is 21.3. The molecule has 0 bridgehead atoms. The van der Waals surface area contributed by atoms with Crippen molar-refractivity contribution in [2.75, 3.05) is 19.7 Å². The highest BCUT2D eigenvalue weighted by atomic mass is 19.4. The van der Waals surface area contributed by atoms with Crippen molar-refractivity contribution in [2.24, 2.45) is 22.2 Å². The summed E-state index contributed by atoms with van der Waals surface area (Å²) in [5.41, 5.74) is 4.72. The minimum Gasteiger partial charge on any atom is -0.409 e. The van der Waals surface area contributed by atoms with Gasteiger partial charge in [-0.1, -0.05) is 5.16 Å². The maximum Gasteiger partial charge on any atom is 0.400 e. The Morgan fingerprint density at radius 1 is 1.47 bits per heavy atom. The topological polar surface area (TPSA) is 90.9 Å². The monoisotopic (exact) mass is 255 g/mol. The molecule has 5 nitrogen and oxygen atoms in total. The lowest BCUT2D eigenvalue weighted by Crippen LogP contribution is -2.44. The Kier molecular flexibility index (Phi) is 4.21. The molecule has 1 rings (SSSR count). The molecular formula is C9H16F3N3O2. The van der Waals surface area contributed by atoms with Gasteiger partial charge in [0.2, 0.25) is 0 Å². The fraction of sp³-hybridized carbons (Fsp3) is 0.889. The largest absolute Gasteiger partial charge is 0.409 e. The van der Waals surface area contributed by atoms with E-state index in [0.717, 1.165) is 12.8 Å². The van der Waals surface area contributed by atoms with Crippen LogP contribution >= 0.6 is 0 Å². The van der Waals surface area contributed by atoms with Crippen molar-refractivity contribution >= 4 is 5.84 Å². The van der Waals surface area contributed by atoms with Crippen LogP contribution in [0, 0.1) is 11.3 Å². The Morgan fingerprint density at radius 3 is 2.41 bits per heavy atom. The molecule has 8 heteroatoms. The van der Waals surface area contributed by atoms with Crippen molar-refractivity contribution < 1.29 is 23.5 Å². The van der Waals surface area contributed by atoms with Gasteiger partial charge in [0, 0.05) is 25.1 Å². The number of oxime groups is 1. The molecule has 0 spiro atoms. The van der Waals surface area contributed by atoms with Gasteiger partial charge in [-0.25, -0.2) is 0 Å². The van der Waals surface area contributed by atoms with E-state index in [0.29, 0.717) is 6.54 Å². The molecule has 0 aliphatic heterocycles. The summed E-state index contributed by atoms with van der Waals surface area (Å²) >= 11 is 0. The van der Waals surface area contributed by atoms with E-state index in [9.17, 15) is 13.2 Å². The number of alkyl halides is 3. The SMILES string of the molecule is NC(=NO)C(CNCC1(CO)CC1)C(F)(F)F. The number of nitrogens with zero attached hydrogens (tertiary/aromatic N) is 1. The zero-order valence-corrected chi connectivity index (χ0v) is 9.17. The van der Waals surface area contributed by atoms with Gasteiger partial charge >= 0.3 is 6.18 Å². The molecule has 100 valence electrons. The fourth-order valence-corrected chi connectivity index (χ4v) is 1.51. The van der Waals surface area contributed by atoms with Gasteiger partial charge in [-0.15, -0.1) is 0 Å². The number of amidine groups is 1. The van der Waals surface area contributed by atoms with E-state index in [2.05, 4.69) is 10.5 Å². The predicted molar refractivity (Wildman–Crippen MR) is 54.6 cm³/mol. The number of rotatable bonds is 6. The van der Waals surface area contributed by atoms with Crippen LogP contribution in [0.1, 0.15) is 12.8 Å². The first-order valence-electron chi connectivity index (χ1n) is 5.20. The van der Waals surface area contributed by atoms with Crippen molar-refractivity contribution in [3.63, 3.8) is 0 Å². The van der Waals surface area contributed by atoms with E-state index >= 15 is 0 Å². The van der Waals surface area contributed by atoms with Crippen molar-refractivity contribution in [2.45, 2.75) is 19.0 Å². The lowest BCUT2D eigenvalue weighted by Gasteiger charge is -2.21. The Morgan fingerprint density at radius 2 is 2.06 bits per heavy atom. The zero-order valence-electron chi connectivity index (χ0n) is 9.17. The van der Waals surface area contributed by atoms with E-state index in [1.54, 1.807) is 0 Å². The summed E-state index contributed by atoms with van der Waals surface area (Å²) in [5.74, 6) is -2.87. The van der Waals surface area contributed by atoms with Crippen LogP contribution in [0.2, 0.25) is 0 Å². The fourth-order valence-electron chi connectivity index (χ4n) is 1.51. The highest BCUT2D eigenvalue weighted by Gasteiger charge is 2.45. The average molecular weight is 255 g/mol. The molecule has 0 saturated heterocycles. The van der Waals surface area contributed by atoms with Crippen LogP contribution < -0.4 is 11.1 Å². The summed E-state index contributed by atoms with van der Waals surface area (Å²) < 4.78 is 37.5. The van der Waals surface area contributed by atoms with Crippen molar-refractivity contribution in [3.8, 4) is 0 Å². The van der Waals surface area contributed by atoms with Crippen LogP contribution in [0.25, 0.3) is 0 Å². The van der Waals surface area contributed by atoms with Crippen LogP contribution in [0.15, 0.2) is 5.16 Å². The van der Waals surface area contributed by atoms with Gasteiger partial charge in [0.15, 0.2) is 5.84 Å². The van der Waals surface area contributed by atoms with Crippen LogP contribution in [0.5, 0.6) is 0 Å². The Hall–Kier alpha value is -1.02. The second kappa shape index (κ2) is 5.09. The molecule has 0 aromatic rings. The number of halogens is 3. The molecule has 1 saturated carbocycles. The number of hydrogen-bond acceptors (Lipinski definition) is 4. The van der Waals surface area contributed by atoms with E-state index < -0.39 is 24.5 Å². The van der Waals surface area contributed by atoms with E-state index in [1.165, 1.54) is 0 Å². The second-order valence-electron chi connectivity index (χ2n) is 4.41. The maximum atomic E-state index is 12.5. The summed E-state index contributed by atoms with van der Waals surface area (Å²) in [6.07, 6.45) is -2.95. The predicted octanol–water partition coefficient (Wildman–Crippen LogP) is 0.273. The van der Waals surface area contributed by atoms with Gasteiger partial charge in [-0.05, 0) is 12.8 Å². The molecule has 0 aromatic carbocycles. The Labute approximate surface area is 96.5 Å². The molecule has 1 fully saturated rings. The molecule has 0 heterocycles. The number of aliphatic hydroxyl groups is 1. The maximum absolute atomic E-state index is 12.5. The quantitative estimate of drug-likeness (QED) is 0.237. The zero-order chi connectivity index (χ0) is 13.1. The van der Waals surface area contributed by atoms with Gasteiger partial charge in [-0.2, -0.15) is 13.2 Å². The van der Waals surface area contributed by atoms with Crippen molar-refractivity contribution in [1.29, 1.82) is 0 Å². The number of nitrogens with two attached hydrogens (primary N) is 1. The first-order chi connectivity index (χ1) is 7.84. The number of aliphatic hydroxyl groups excluding tert-OH is 1. The molecular weight excluding hydrogens is 239 g/mol. The van der Waals surface area contributed by atoms with Crippen LogP contribution in [-0.2, 0) is 0 Å². The number of nitrogens with one attached hydrogen (secondary N) is 1. The van der Waals surface area contributed by atoms with E-state index in [-0.39, 0.29) is 12.0 Å². The molecule has 1 atom stereocenters. The minimum absolute atomic E-state index is 0.0414. The summed E-state index contributed by atoms with van der Waals surface area (Å²) in [7, 11) is 0. The first-order valence-corrected chi connectivity index (χ1v) is 5.20.